The summed E-state index contributed by atoms with van der Waals surface area (Å²) in [7, 11) is 0. The molecule has 1 saturated heterocycles. The molecule has 108 valence electrons. The van der Waals surface area contributed by atoms with Crippen LogP contribution in [0.3, 0.4) is 0 Å². The minimum Gasteiger partial charge on any atom is -0.344 e. The first-order valence-corrected chi connectivity index (χ1v) is 9.15. The van der Waals surface area contributed by atoms with Crippen LogP contribution in [0.4, 0.5) is 5.13 Å². The van der Waals surface area contributed by atoms with Crippen LogP contribution in [0.15, 0.2) is 0 Å². The number of hydrogen-bond donors (Lipinski definition) is 1. The van der Waals surface area contributed by atoms with Crippen LogP contribution in [0.25, 0.3) is 0 Å². The summed E-state index contributed by atoms with van der Waals surface area (Å²) in [4.78, 5) is 8.83. The van der Waals surface area contributed by atoms with Gasteiger partial charge in [-0.3, -0.25) is 0 Å². The molecule has 2 rings (SSSR count). The number of anilines is 1. The van der Waals surface area contributed by atoms with Gasteiger partial charge in [-0.25, -0.2) is 4.98 Å². The topological polar surface area (TPSA) is 28.2 Å². The fourth-order valence-electron chi connectivity index (χ4n) is 2.30. The van der Waals surface area contributed by atoms with Crippen molar-refractivity contribution in [1.82, 2.24) is 10.3 Å². The highest BCUT2D eigenvalue weighted by molar-refractivity contribution is 7.99. The molecule has 0 bridgehead atoms. The Labute approximate surface area is 125 Å². The smallest absolute Gasteiger partial charge is 0.186 e. The zero-order valence-corrected chi connectivity index (χ0v) is 14.0. The zero-order chi connectivity index (χ0) is 13.8. The molecule has 0 spiro atoms. The van der Waals surface area contributed by atoms with E-state index in [1.54, 1.807) is 0 Å². The van der Waals surface area contributed by atoms with Gasteiger partial charge in [-0.05, 0) is 19.4 Å². The van der Waals surface area contributed by atoms with Gasteiger partial charge in [0.15, 0.2) is 5.13 Å². The van der Waals surface area contributed by atoms with E-state index < -0.39 is 0 Å². The number of thiazole rings is 1. The van der Waals surface area contributed by atoms with E-state index in [1.807, 2.05) is 11.3 Å². The van der Waals surface area contributed by atoms with Crippen LogP contribution in [0.1, 0.15) is 44.2 Å². The fraction of sp³-hybridized carbons (Fsp3) is 0.786. The minimum absolute atomic E-state index is 0.508. The van der Waals surface area contributed by atoms with Crippen LogP contribution >= 0.6 is 23.1 Å². The van der Waals surface area contributed by atoms with E-state index in [9.17, 15) is 0 Å². The van der Waals surface area contributed by atoms with Gasteiger partial charge in [0.1, 0.15) is 0 Å². The predicted octanol–water partition coefficient (Wildman–Crippen LogP) is 3.32. The Morgan fingerprint density at radius 3 is 2.89 bits per heavy atom. The molecule has 0 aliphatic carbocycles. The summed E-state index contributed by atoms with van der Waals surface area (Å²) in [6.07, 6.45) is 0. The average Bonchev–Trinajstić information content (AvgIpc) is 2.81. The van der Waals surface area contributed by atoms with Crippen LogP contribution in [0.2, 0.25) is 0 Å². The number of aromatic nitrogens is 1. The summed E-state index contributed by atoms with van der Waals surface area (Å²) >= 11 is 3.94. The maximum absolute atomic E-state index is 4.93. The molecular weight excluding hydrogens is 274 g/mol. The molecule has 1 fully saturated rings. The van der Waals surface area contributed by atoms with Gasteiger partial charge in [0.25, 0.3) is 0 Å². The summed E-state index contributed by atoms with van der Waals surface area (Å²) in [6, 6.07) is 0.608. The van der Waals surface area contributed by atoms with Crippen LogP contribution in [0, 0.1) is 0 Å². The molecule has 0 radical (unpaired) electrons. The Morgan fingerprint density at radius 1 is 1.47 bits per heavy atom. The van der Waals surface area contributed by atoms with Gasteiger partial charge in [0, 0.05) is 35.5 Å². The van der Waals surface area contributed by atoms with E-state index in [0.29, 0.717) is 12.0 Å². The third-order valence-electron chi connectivity index (χ3n) is 3.41. The lowest BCUT2D eigenvalue weighted by atomic mass is 10.1. The Hall–Kier alpha value is -0.260. The predicted molar refractivity (Wildman–Crippen MR) is 87.7 cm³/mol. The summed E-state index contributed by atoms with van der Waals surface area (Å²) < 4.78 is 0. The third-order valence-corrected chi connectivity index (χ3v) is 5.71. The molecule has 19 heavy (non-hydrogen) atoms. The molecule has 1 aromatic heterocycles. The monoisotopic (exact) mass is 299 g/mol. The second-order valence-corrected chi connectivity index (χ2v) is 7.57. The summed E-state index contributed by atoms with van der Waals surface area (Å²) in [5.41, 5.74) is 1.28. The second kappa shape index (κ2) is 6.95. The van der Waals surface area contributed by atoms with Gasteiger partial charge >= 0.3 is 0 Å². The maximum Gasteiger partial charge on any atom is 0.186 e. The van der Waals surface area contributed by atoms with Crippen LogP contribution < -0.4 is 10.2 Å². The number of nitrogens with one attached hydrogen (secondary N) is 1. The summed E-state index contributed by atoms with van der Waals surface area (Å²) in [5, 5.41) is 4.66. The molecule has 5 heteroatoms. The number of hydrogen-bond acceptors (Lipinski definition) is 5. The van der Waals surface area contributed by atoms with Crippen LogP contribution in [-0.2, 0) is 6.54 Å². The Morgan fingerprint density at radius 2 is 2.26 bits per heavy atom. The van der Waals surface area contributed by atoms with E-state index >= 15 is 0 Å². The van der Waals surface area contributed by atoms with Crippen molar-refractivity contribution in [2.75, 3.05) is 29.5 Å². The van der Waals surface area contributed by atoms with Gasteiger partial charge in [-0.2, -0.15) is 11.8 Å². The van der Waals surface area contributed by atoms with Crippen molar-refractivity contribution in [2.24, 2.45) is 0 Å². The molecule has 1 unspecified atom stereocenters. The molecule has 0 aromatic carbocycles. The normalized spacial score (nSPS) is 20.3. The Bertz CT molecular complexity index is 403. The minimum atomic E-state index is 0.508. The fourth-order valence-corrected chi connectivity index (χ4v) is 4.63. The van der Waals surface area contributed by atoms with E-state index in [-0.39, 0.29) is 0 Å². The van der Waals surface area contributed by atoms with Crippen molar-refractivity contribution in [3.05, 3.63) is 10.6 Å². The molecule has 0 amide bonds. The average molecular weight is 300 g/mol. The molecule has 0 saturated carbocycles. The Kier molecular flexibility index (Phi) is 5.54. The van der Waals surface area contributed by atoms with Crippen molar-refractivity contribution in [3.63, 3.8) is 0 Å². The Balaban J connectivity index is 2.20. The summed E-state index contributed by atoms with van der Waals surface area (Å²) in [5.74, 6) is 2.95. The maximum atomic E-state index is 4.93. The molecule has 1 atom stereocenters. The first-order valence-electron chi connectivity index (χ1n) is 7.18. The first-order chi connectivity index (χ1) is 9.13. The van der Waals surface area contributed by atoms with Gasteiger partial charge in [-0.1, -0.05) is 20.8 Å². The lowest BCUT2D eigenvalue weighted by Gasteiger charge is -2.32. The highest BCUT2D eigenvalue weighted by Crippen LogP contribution is 2.33. The second-order valence-electron chi connectivity index (χ2n) is 5.36. The van der Waals surface area contributed by atoms with Crippen molar-refractivity contribution >= 4 is 28.2 Å². The molecular formula is C14H25N3S2. The van der Waals surface area contributed by atoms with Crippen molar-refractivity contribution < 1.29 is 0 Å². The molecule has 3 nitrogen and oxygen atoms in total. The quantitative estimate of drug-likeness (QED) is 0.903. The lowest BCUT2D eigenvalue weighted by Crippen LogP contribution is -2.40. The number of nitrogens with zero attached hydrogens (tertiary/aromatic N) is 2. The van der Waals surface area contributed by atoms with Gasteiger partial charge in [-0.15, -0.1) is 11.3 Å². The zero-order valence-electron chi connectivity index (χ0n) is 12.4. The molecule has 2 heterocycles. The lowest BCUT2D eigenvalue weighted by molar-refractivity contribution is 0.690. The van der Waals surface area contributed by atoms with Crippen LogP contribution in [-0.4, -0.2) is 35.6 Å². The van der Waals surface area contributed by atoms with E-state index in [4.69, 9.17) is 4.98 Å². The van der Waals surface area contributed by atoms with Crippen molar-refractivity contribution in [1.29, 1.82) is 0 Å². The van der Waals surface area contributed by atoms with E-state index in [1.165, 1.54) is 27.2 Å². The highest BCUT2D eigenvalue weighted by atomic mass is 32.2. The van der Waals surface area contributed by atoms with E-state index in [0.717, 1.165) is 19.6 Å². The molecule has 1 N–H and O–H groups in total. The van der Waals surface area contributed by atoms with Gasteiger partial charge in [0.05, 0.1) is 5.69 Å². The molecule has 1 aromatic rings. The standard InChI is InChI=1S/C14H25N3S2/c1-5-15-8-12-13(10(2)3)16-14(19-12)17-6-7-18-9-11(17)4/h10-11,15H,5-9H2,1-4H3. The van der Waals surface area contributed by atoms with Crippen molar-refractivity contribution in [3.8, 4) is 0 Å². The van der Waals surface area contributed by atoms with Gasteiger partial charge < -0.3 is 10.2 Å². The first kappa shape index (κ1) is 15.1. The number of thioether (sulfide) groups is 1. The largest absolute Gasteiger partial charge is 0.344 e. The molecule has 1 aliphatic rings. The molecule has 1 aliphatic heterocycles. The van der Waals surface area contributed by atoms with Gasteiger partial charge in [0.2, 0.25) is 0 Å². The SMILES string of the molecule is CCNCc1sc(N2CCSCC2C)nc1C(C)C. The third kappa shape index (κ3) is 3.64. The van der Waals surface area contributed by atoms with E-state index in [2.05, 4.69) is 49.7 Å². The highest BCUT2D eigenvalue weighted by Gasteiger charge is 2.24. The summed E-state index contributed by atoms with van der Waals surface area (Å²) in [6.45, 7) is 12.1. The van der Waals surface area contributed by atoms with Crippen molar-refractivity contribution in [2.45, 2.75) is 46.2 Å². The van der Waals surface area contributed by atoms with Crippen LogP contribution in [0.5, 0.6) is 0 Å². The number of rotatable bonds is 5.